The zero-order valence-electron chi connectivity index (χ0n) is 15.9. The molecule has 0 saturated heterocycles. The van der Waals surface area contributed by atoms with Crippen LogP contribution >= 0.6 is 0 Å². The van der Waals surface area contributed by atoms with Crippen LogP contribution in [0.4, 0.5) is 5.69 Å². The normalized spacial score (nSPS) is 11.9. The van der Waals surface area contributed by atoms with Gasteiger partial charge in [0.2, 0.25) is 0 Å². The highest BCUT2D eigenvalue weighted by atomic mass is 15.4. The molecule has 3 heteroatoms. The first-order valence-electron chi connectivity index (χ1n) is 9.37. The van der Waals surface area contributed by atoms with E-state index < -0.39 is 0 Å². The summed E-state index contributed by atoms with van der Waals surface area (Å²) in [7, 11) is 0. The van der Waals surface area contributed by atoms with Gasteiger partial charge in [0.05, 0.1) is 5.69 Å². The van der Waals surface area contributed by atoms with Crippen LogP contribution < -0.4 is 16.6 Å². The van der Waals surface area contributed by atoms with Gasteiger partial charge in [0.15, 0.2) is 0 Å². The summed E-state index contributed by atoms with van der Waals surface area (Å²) in [4.78, 5) is 0. The standard InChI is InChI=1S/C20H25N3.C2H6/c1-3-14(4-2)19-13-18-16(12-20(19)23(22)10-9-21)11-15-7-5-6-8-17(15)18;1-2/h5-10,12-14H,3-4,11,21-22H2,1-2H3;1-2H3/b10-9-;. The number of hydrazine groups is 1. The molecule has 0 saturated carbocycles. The lowest BCUT2D eigenvalue weighted by atomic mass is 9.89. The Bertz CT molecular complexity index is 730. The van der Waals surface area contributed by atoms with Crippen molar-refractivity contribution in [2.75, 3.05) is 5.01 Å². The molecule has 0 unspecified atom stereocenters. The Balaban J connectivity index is 0.00000109. The van der Waals surface area contributed by atoms with Crippen molar-refractivity contribution >= 4 is 5.69 Å². The van der Waals surface area contributed by atoms with Crippen LogP contribution in [-0.4, -0.2) is 0 Å². The number of nitrogens with zero attached hydrogens (tertiary/aromatic N) is 1. The van der Waals surface area contributed by atoms with Crippen molar-refractivity contribution in [3.05, 3.63) is 65.5 Å². The Morgan fingerprint density at radius 1 is 1.04 bits per heavy atom. The summed E-state index contributed by atoms with van der Waals surface area (Å²) in [6.07, 6.45) is 6.38. The van der Waals surface area contributed by atoms with Crippen LogP contribution in [0.15, 0.2) is 48.8 Å². The fourth-order valence-electron chi connectivity index (χ4n) is 3.64. The average Bonchev–Trinajstić information content (AvgIpc) is 3.01. The van der Waals surface area contributed by atoms with Crippen molar-refractivity contribution < 1.29 is 0 Å². The molecule has 1 aliphatic rings. The predicted octanol–water partition coefficient (Wildman–Crippen LogP) is 5.30. The fraction of sp³-hybridized carbons (Fsp3) is 0.364. The number of benzene rings is 2. The van der Waals surface area contributed by atoms with E-state index in [2.05, 4.69) is 50.2 Å². The van der Waals surface area contributed by atoms with Crippen LogP contribution in [0.1, 0.15) is 63.1 Å². The quantitative estimate of drug-likeness (QED) is 0.491. The first kappa shape index (κ1) is 19.1. The van der Waals surface area contributed by atoms with E-state index in [4.69, 9.17) is 11.6 Å². The van der Waals surface area contributed by atoms with Gasteiger partial charge in [0.1, 0.15) is 0 Å². The summed E-state index contributed by atoms with van der Waals surface area (Å²) >= 11 is 0. The highest BCUT2D eigenvalue weighted by Crippen LogP contribution is 2.42. The van der Waals surface area contributed by atoms with E-state index in [9.17, 15) is 0 Å². The lowest BCUT2D eigenvalue weighted by Crippen LogP contribution is -2.26. The summed E-state index contributed by atoms with van der Waals surface area (Å²) in [6.45, 7) is 8.47. The van der Waals surface area contributed by atoms with E-state index in [1.54, 1.807) is 11.2 Å². The molecule has 0 atom stereocenters. The average molecular weight is 338 g/mol. The van der Waals surface area contributed by atoms with E-state index in [0.717, 1.165) is 24.9 Å². The van der Waals surface area contributed by atoms with Crippen LogP contribution in [0, 0.1) is 0 Å². The molecular weight excluding hydrogens is 306 g/mol. The van der Waals surface area contributed by atoms with Gasteiger partial charge in [-0.15, -0.1) is 0 Å². The summed E-state index contributed by atoms with van der Waals surface area (Å²) in [5, 5.41) is 1.65. The van der Waals surface area contributed by atoms with Crippen molar-refractivity contribution in [2.45, 2.75) is 52.9 Å². The van der Waals surface area contributed by atoms with Gasteiger partial charge in [-0.1, -0.05) is 52.0 Å². The molecule has 3 nitrogen and oxygen atoms in total. The Hall–Kier alpha value is -2.26. The molecule has 1 aliphatic carbocycles. The summed E-state index contributed by atoms with van der Waals surface area (Å²) < 4.78 is 0. The maximum atomic E-state index is 6.22. The minimum Gasteiger partial charge on any atom is -0.403 e. The number of nitrogens with two attached hydrogens (primary N) is 2. The van der Waals surface area contributed by atoms with Crippen molar-refractivity contribution in [2.24, 2.45) is 11.6 Å². The van der Waals surface area contributed by atoms with Crippen LogP contribution in [0.2, 0.25) is 0 Å². The van der Waals surface area contributed by atoms with Crippen molar-refractivity contribution in [3.8, 4) is 11.1 Å². The van der Waals surface area contributed by atoms with Gasteiger partial charge in [0.25, 0.3) is 0 Å². The molecule has 0 radical (unpaired) electrons. The van der Waals surface area contributed by atoms with Crippen molar-refractivity contribution in [1.82, 2.24) is 0 Å². The van der Waals surface area contributed by atoms with Gasteiger partial charge in [-0.05, 0) is 65.1 Å². The second kappa shape index (κ2) is 8.72. The number of hydrogen-bond donors (Lipinski definition) is 2. The van der Waals surface area contributed by atoms with E-state index in [1.807, 2.05) is 13.8 Å². The molecule has 3 rings (SSSR count). The molecule has 0 bridgehead atoms. The second-order valence-electron chi connectivity index (χ2n) is 6.16. The lowest BCUT2D eigenvalue weighted by molar-refractivity contribution is 0.641. The molecule has 25 heavy (non-hydrogen) atoms. The smallest absolute Gasteiger partial charge is 0.0606 e. The highest BCUT2D eigenvalue weighted by molar-refractivity contribution is 5.80. The first-order chi connectivity index (χ1) is 12.2. The molecule has 2 aromatic rings. The van der Waals surface area contributed by atoms with Gasteiger partial charge in [-0.2, -0.15) is 0 Å². The maximum Gasteiger partial charge on any atom is 0.0606 e. The molecule has 0 amide bonds. The predicted molar refractivity (Wildman–Crippen MR) is 109 cm³/mol. The van der Waals surface area contributed by atoms with E-state index in [1.165, 1.54) is 34.0 Å². The highest BCUT2D eigenvalue weighted by Gasteiger charge is 2.23. The number of rotatable bonds is 5. The molecule has 0 heterocycles. The minimum atomic E-state index is 0.500. The van der Waals surface area contributed by atoms with Gasteiger partial charge < -0.3 is 5.73 Å². The van der Waals surface area contributed by atoms with Crippen LogP contribution in [0.25, 0.3) is 11.1 Å². The molecule has 0 aromatic heterocycles. The largest absolute Gasteiger partial charge is 0.403 e. The van der Waals surface area contributed by atoms with Crippen molar-refractivity contribution in [1.29, 1.82) is 0 Å². The van der Waals surface area contributed by atoms with E-state index >= 15 is 0 Å². The third kappa shape index (κ3) is 3.72. The number of anilines is 1. The molecule has 0 aliphatic heterocycles. The molecule has 134 valence electrons. The zero-order chi connectivity index (χ0) is 18.4. The Labute approximate surface area is 152 Å². The lowest BCUT2D eigenvalue weighted by Gasteiger charge is -2.24. The maximum absolute atomic E-state index is 6.22. The van der Waals surface area contributed by atoms with Gasteiger partial charge in [0, 0.05) is 12.4 Å². The summed E-state index contributed by atoms with van der Waals surface area (Å²) in [5.41, 5.74) is 13.4. The fourth-order valence-corrected chi connectivity index (χ4v) is 3.64. The number of hydrogen-bond acceptors (Lipinski definition) is 3. The number of fused-ring (bicyclic) bond motifs is 3. The third-order valence-corrected chi connectivity index (χ3v) is 4.89. The minimum absolute atomic E-state index is 0.500. The SMILES string of the molecule is CC.CCC(CC)c1cc2c(cc1N(N)/C=C\N)Cc1ccccc1-2. The third-order valence-electron chi connectivity index (χ3n) is 4.89. The molecule has 4 N–H and O–H groups in total. The van der Waals surface area contributed by atoms with Gasteiger partial charge >= 0.3 is 0 Å². The summed E-state index contributed by atoms with van der Waals surface area (Å²) in [6, 6.07) is 13.2. The monoisotopic (exact) mass is 337 g/mol. The molecule has 2 aromatic carbocycles. The summed E-state index contributed by atoms with van der Waals surface area (Å²) in [5.74, 6) is 6.72. The van der Waals surface area contributed by atoms with Crippen LogP contribution in [0.5, 0.6) is 0 Å². The molecular formula is C22H31N3. The topological polar surface area (TPSA) is 55.3 Å². The zero-order valence-corrected chi connectivity index (χ0v) is 15.9. The van der Waals surface area contributed by atoms with E-state index in [-0.39, 0.29) is 0 Å². The molecule has 0 fully saturated rings. The van der Waals surface area contributed by atoms with Gasteiger partial charge in [-0.25, -0.2) is 5.84 Å². The van der Waals surface area contributed by atoms with Crippen LogP contribution in [-0.2, 0) is 6.42 Å². The molecule has 0 spiro atoms. The van der Waals surface area contributed by atoms with Gasteiger partial charge in [-0.3, -0.25) is 5.01 Å². The second-order valence-corrected chi connectivity index (χ2v) is 6.16. The Morgan fingerprint density at radius 3 is 2.36 bits per heavy atom. The first-order valence-corrected chi connectivity index (χ1v) is 9.37. The van der Waals surface area contributed by atoms with Crippen molar-refractivity contribution in [3.63, 3.8) is 0 Å². The Kier molecular flexibility index (Phi) is 6.65. The van der Waals surface area contributed by atoms with E-state index in [0.29, 0.717) is 5.92 Å². The Morgan fingerprint density at radius 2 is 1.72 bits per heavy atom. The van der Waals surface area contributed by atoms with Crippen LogP contribution in [0.3, 0.4) is 0 Å².